The van der Waals surface area contributed by atoms with Crippen LogP contribution in [0.15, 0.2) is 30.3 Å². The lowest BCUT2D eigenvalue weighted by atomic mass is 10.1. The lowest BCUT2D eigenvalue weighted by molar-refractivity contribution is -0.192. The Hall–Kier alpha value is -2.13. The highest BCUT2D eigenvalue weighted by Crippen LogP contribution is 2.13. The zero-order valence-electron chi connectivity index (χ0n) is 11.4. The Morgan fingerprint density at radius 2 is 1.86 bits per heavy atom. The maximum atomic E-state index is 11.3. The largest absolute Gasteiger partial charge is 0.490 e. The number of benzene rings is 1. The Kier molecular flexibility index (Phi) is 6.80. The van der Waals surface area contributed by atoms with Gasteiger partial charge in [0, 0.05) is 0 Å². The number of carbonyl (C=O) groups excluding carboxylic acids is 1. The minimum absolute atomic E-state index is 0.0687. The molecule has 6 nitrogen and oxygen atoms in total. The third kappa shape index (κ3) is 6.55. The van der Waals surface area contributed by atoms with Crippen molar-refractivity contribution in [3.63, 3.8) is 0 Å². The maximum Gasteiger partial charge on any atom is 0.490 e. The summed E-state index contributed by atoms with van der Waals surface area (Å²) >= 11 is 0. The number of rotatable bonds is 4. The maximum absolute atomic E-state index is 11.3. The van der Waals surface area contributed by atoms with E-state index in [9.17, 15) is 18.0 Å². The second-order valence-corrected chi connectivity index (χ2v) is 4.34. The molecule has 0 radical (unpaired) electrons. The van der Waals surface area contributed by atoms with Crippen molar-refractivity contribution in [2.45, 2.75) is 25.2 Å². The first-order valence-electron chi connectivity index (χ1n) is 6.29. The van der Waals surface area contributed by atoms with Crippen LogP contribution in [0.1, 0.15) is 12.0 Å². The minimum atomic E-state index is -5.08. The van der Waals surface area contributed by atoms with Crippen LogP contribution in [0.3, 0.4) is 0 Å². The molecule has 1 atom stereocenters. The normalized spacial score (nSPS) is 16.8. The molecule has 1 aromatic rings. The molecule has 1 fully saturated rings. The molecule has 0 aliphatic carbocycles. The predicted molar refractivity (Wildman–Crippen MR) is 69.5 cm³/mol. The molecule has 0 spiro atoms. The van der Waals surface area contributed by atoms with E-state index < -0.39 is 12.1 Å². The second kappa shape index (κ2) is 8.35. The van der Waals surface area contributed by atoms with Crippen LogP contribution in [0.4, 0.5) is 13.2 Å². The molecule has 1 aliphatic heterocycles. The zero-order chi connectivity index (χ0) is 16.6. The number of hydrogen-bond donors (Lipinski definition) is 3. The number of hydroxylamine groups is 1. The number of alkyl halides is 3. The quantitative estimate of drug-likeness (QED) is 0.726. The number of carboxylic acids is 1. The van der Waals surface area contributed by atoms with E-state index in [1.54, 1.807) is 0 Å². The number of nitrogens with one attached hydrogen (secondary N) is 2. The van der Waals surface area contributed by atoms with Crippen LogP contribution in [0.25, 0.3) is 0 Å². The minimum Gasteiger partial charge on any atom is -0.475 e. The van der Waals surface area contributed by atoms with Crippen molar-refractivity contribution in [2.75, 3.05) is 6.54 Å². The molecular formula is C13H15F3N2O4. The summed E-state index contributed by atoms with van der Waals surface area (Å²) in [6.45, 7) is 1.32. The Morgan fingerprint density at radius 1 is 1.32 bits per heavy atom. The third-order valence-electron chi connectivity index (χ3n) is 2.64. The van der Waals surface area contributed by atoms with Crippen molar-refractivity contribution >= 4 is 11.9 Å². The molecule has 1 aliphatic rings. The Bertz CT molecular complexity index is 490. The number of carboxylic acid groups (broad SMARTS) is 1. The van der Waals surface area contributed by atoms with Gasteiger partial charge in [-0.25, -0.2) is 10.3 Å². The van der Waals surface area contributed by atoms with Gasteiger partial charge in [-0.05, 0) is 18.5 Å². The van der Waals surface area contributed by atoms with E-state index in [0.29, 0.717) is 6.61 Å². The summed E-state index contributed by atoms with van der Waals surface area (Å²) in [7, 11) is 0. The highest BCUT2D eigenvalue weighted by molar-refractivity contribution is 5.81. The summed E-state index contributed by atoms with van der Waals surface area (Å²) in [6.07, 6.45) is -4.19. The first kappa shape index (κ1) is 17.9. The molecule has 2 rings (SSSR count). The fraction of sp³-hybridized carbons (Fsp3) is 0.385. The third-order valence-corrected chi connectivity index (χ3v) is 2.64. The first-order valence-corrected chi connectivity index (χ1v) is 6.29. The number of halogens is 3. The molecular weight excluding hydrogens is 305 g/mol. The average Bonchev–Trinajstić information content (AvgIpc) is 2.37. The molecule has 1 unspecified atom stereocenters. The molecule has 1 amide bonds. The Morgan fingerprint density at radius 3 is 2.27 bits per heavy atom. The highest BCUT2D eigenvalue weighted by Gasteiger charge is 2.38. The van der Waals surface area contributed by atoms with Crippen LogP contribution in [-0.2, 0) is 21.0 Å². The lowest BCUT2D eigenvalue weighted by Gasteiger charge is -2.25. The van der Waals surface area contributed by atoms with Crippen molar-refractivity contribution in [3.8, 4) is 0 Å². The number of amides is 1. The fourth-order valence-corrected chi connectivity index (χ4v) is 1.35. The molecule has 1 aromatic carbocycles. The van der Waals surface area contributed by atoms with E-state index >= 15 is 0 Å². The summed E-state index contributed by atoms with van der Waals surface area (Å²) in [5.74, 6) is -2.84. The summed E-state index contributed by atoms with van der Waals surface area (Å²) in [4.78, 5) is 25.3. The average molecular weight is 320 g/mol. The van der Waals surface area contributed by atoms with E-state index in [0.717, 1.165) is 18.5 Å². The van der Waals surface area contributed by atoms with Crippen molar-refractivity contribution < 1.29 is 32.7 Å². The molecule has 0 aromatic heterocycles. The number of carbonyl (C=O) groups is 2. The smallest absolute Gasteiger partial charge is 0.475 e. The van der Waals surface area contributed by atoms with Gasteiger partial charge < -0.3 is 10.4 Å². The van der Waals surface area contributed by atoms with Gasteiger partial charge in [0.25, 0.3) is 5.91 Å². The van der Waals surface area contributed by atoms with Crippen LogP contribution in [0.5, 0.6) is 0 Å². The van der Waals surface area contributed by atoms with E-state index in [1.807, 2.05) is 30.3 Å². The van der Waals surface area contributed by atoms with Crippen LogP contribution in [0.2, 0.25) is 0 Å². The Labute approximate surface area is 124 Å². The number of aliphatic carboxylic acids is 1. The van der Waals surface area contributed by atoms with Gasteiger partial charge in [0.1, 0.15) is 0 Å². The Balaban J connectivity index is 0.000000295. The van der Waals surface area contributed by atoms with Gasteiger partial charge in [-0.2, -0.15) is 13.2 Å². The predicted octanol–water partition coefficient (Wildman–Crippen LogP) is 1.23. The lowest BCUT2D eigenvalue weighted by Crippen LogP contribution is -2.53. The van der Waals surface area contributed by atoms with Crippen LogP contribution < -0.4 is 10.8 Å². The van der Waals surface area contributed by atoms with E-state index in [2.05, 4.69) is 10.8 Å². The molecule has 3 N–H and O–H groups in total. The van der Waals surface area contributed by atoms with Gasteiger partial charge in [-0.1, -0.05) is 30.3 Å². The monoisotopic (exact) mass is 320 g/mol. The van der Waals surface area contributed by atoms with Crippen molar-refractivity contribution in [2.24, 2.45) is 0 Å². The summed E-state index contributed by atoms with van der Waals surface area (Å²) < 4.78 is 31.7. The van der Waals surface area contributed by atoms with Gasteiger partial charge in [-0.15, -0.1) is 0 Å². The van der Waals surface area contributed by atoms with Gasteiger partial charge in [-0.3, -0.25) is 9.63 Å². The van der Waals surface area contributed by atoms with Gasteiger partial charge >= 0.3 is 12.1 Å². The van der Waals surface area contributed by atoms with E-state index in [4.69, 9.17) is 14.7 Å². The molecule has 22 heavy (non-hydrogen) atoms. The van der Waals surface area contributed by atoms with E-state index in [1.165, 1.54) is 0 Å². The standard InChI is InChI=1S/C11H14N2O2.C2HF3O2/c14-11(10-6-7-12-10)13-15-8-9-4-2-1-3-5-9;3-2(4,5)1(6)7/h1-5,10,12H,6-8H2,(H,13,14);(H,6,7). The van der Waals surface area contributed by atoms with Crippen molar-refractivity contribution in [1.29, 1.82) is 0 Å². The van der Waals surface area contributed by atoms with E-state index in [-0.39, 0.29) is 11.9 Å². The molecule has 0 bridgehead atoms. The van der Waals surface area contributed by atoms with Crippen LogP contribution in [-0.4, -0.2) is 35.7 Å². The summed E-state index contributed by atoms with van der Waals surface area (Å²) in [6, 6.07) is 9.66. The molecule has 9 heteroatoms. The molecule has 1 heterocycles. The summed E-state index contributed by atoms with van der Waals surface area (Å²) in [5.41, 5.74) is 3.47. The zero-order valence-corrected chi connectivity index (χ0v) is 11.4. The first-order chi connectivity index (χ1) is 10.3. The van der Waals surface area contributed by atoms with Crippen LogP contribution >= 0.6 is 0 Å². The summed E-state index contributed by atoms with van der Waals surface area (Å²) in [5, 5.41) is 10.1. The van der Waals surface area contributed by atoms with Gasteiger partial charge in [0.2, 0.25) is 0 Å². The topological polar surface area (TPSA) is 87.7 Å². The molecule has 1 saturated heterocycles. The second-order valence-electron chi connectivity index (χ2n) is 4.34. The van der Waals surface area contributed by atoms with Gasteiger partial charge in [0.15, 0.2) is 0 Å². The van der Waals surface area contributed by atoms with Crippen molar-refractivity contribution in [3.05, 3.63) is 35.9 Å². The number of hydrogen-bond acceptors (Lipinski definition) is 4. The fourth-order valence-electron chi connectivity index (χ4n) is 1.35. The van der Waals surface area contributed by atoms with Crippen molar-refractivity contribution in [1.82, 2.24) is 10.8 Å². The highest BCUT2D eigenvalue weighted by atomic mass is 19.4. The van der Waals surface area contributed by atoms with Gasteiger partial charge in [0.05, 0.1) is 12.6 Å². The molecule has 0 saturated carbocycles. The SMILES string of the molecule is O=C(NOCc1ccccc1)C1CCN1.O=C(O)C(F)(F)F. The molecule has 122 valence electrons. The van der Waals surface area contributed by atoms with Crippen LogP contribution in [0, 0.1) is 0 Å².